The van der Waals surface area contributed by atoms with Gasteiger partial charge in [-0.3, -0.25) is 4.98 Å². The van der Waals surface area contributed by atoms with Gasteiger partial charge in [-0.1, -0.05) is 6.07 Å². The maximum absolute atomic E-state index is 11.0. The van der Waals surface area contributed by atoms with Crippen molar-refractivity contribution in [3.05, 3.63) is 53.6 Å². The van der Waals surface area contributed by atoms with E-state index in [-0.39, 0.29) is 18.1 Å². The average molecular weight is 244 g/mol. The summed E-state index contributed by atoms with van der Waals surface area (Å²) in [6.07, 6.45) is 3.33. The highest BCUT2D eigenvalue weighted by molar-refractivity contribution is 5.88. The summed E-state index contributed by atoms with van der Waals surface area (Å²) in [5.41, 5.74) is 1.44. The largest absolute Gasteiger partial charge is 0.486 e. The number of hydrogen-bond donors (Lipinski definition) is 1. The van der Waals surface area contributed by atoms with E-state index in [1.165, 1.54) is 0 Å². The second-order valence-corrected chi connectivity index (χ2v) is 3.75. The molecule has 2 rings (SSSR count). The highest BCUT2D eigenvalue weighted by Crippen LogP contribution is 2.18. The van der Waals surface area contributed by atoms with Crippen molar-refractivity contribution in [2.45, 2.75) is 13.5 Å². The number of aromatic nitrogens is 2. The van der Waals surface area contributed by atoms with Crippen molar-refractivity contribution in [1.29, 1.82) is 0 Å². The lowest BCUT2D eigenvalue weighted by molar-refractivity contribution is 0.0684. The molecule has 0 spiro atoms. The summed E-state index contributed by atoms with van der Waals surface area (Å²) in [7, 11) is 0. The zero-order valence-corrected chi connectivity index (χ0v) is 9.83. The molecule has 0 fully saturated rings. The molecule has 5 heteroatoms. The number of carboxylic acids is 1. The minimum Gasteiger partial charge on any atom is -0.486 e. The van der Waals surface area contributed by atoms with Gasteiger partial charge in [0.2, 0.25) is 0 Å². The minimum atomic E-state index is -1.10. The summed E-state index contributed by atoms with van der Waals surface area (Å²) in [5.74, 6) is -0.836. The molecule has 5 nitrogen and oxygen atoms in total. The standard InChI is InChI=1S/C13H12N2O3/c1-9-4-5-11(12(15-9)13(16)17)18-8-10-3-2-6-14-7-10/h2-7H,8H2,1H3,(H,16,17). The molecule has 0 saturated carbocycles. The molecule has 92 valence electrons. The molecule has 0 aliphatic carbocycles. The van der Waals surface area contributed by atoms with Crippen LogP contribution in [-0.2, 0) is 6.61 Å². The number of hydrogen-bond acceptors (Lipinski definition) is 4. The van der Waals surface area contributed by atoms with Crippen LogP contribution in [0.4, 0.5) is 0 Å². The fourth-order valence-electron chi connectivity index (χ4n) is 1.46. The first-order chi connectivity index (χ1) is 8.66. The second kappa shape index (κ2) is 5.27. The molecule has 0 atom stereocenters. The van der Waals surface area contributed by atoms with Crippen molar-refractivity contribution in [1.82, 2.24) is 9.97 Å². The molecule has 0 bridgehead atoms. The lowest BCUT2D eigenvalue weighted by Gasteiger charge is -2.08. The molecule has 0 unspecified atom stereocenters. The quantitative estimate of drug-likeness (QED) is 0.891. The van der Waals surface area contributed by atoms with Gasteiger partial charge in [0.05, 0.1) is 0 Å². The number of carbonyl (C=O) groups is 1. The molecular weight excluding hydrogens is 232 g/mol. The summed E-state index contributed by atoms with van der Waals surface area (Å²) in [6, 6.07) is 6.98. The summed E-state index contributed by atoms with van der Waals surface area (Å²) in [5, 5.41) is 9.03. The molecule has 18 heavy (non-hydrogen) atoms. The molecule has 0 aromatic carbocycles. The number of aromatic carboxylic acids is 1. The van der Waals surface area contributed by atoms with E-state index in [1.54, 1.807) is 37.5 Å². The van der Waals surface area contributed by atoms with Crippen molar-refractivity contribution in [3.63, 3.8) is 0 Å². The third-order valence-corrected chi connectivity index (χ3v) is 2.32. The maximum Gasteiger partial charge on any atom is 0.358 e. The molecule has 2 aromatic heterocycles. The number of carboxylic acid groups (broad SMARTS) is 1. The van der Waals surface area contributed by atoms with E-state index < -0.39 is 5.97 Å². The van der Waals surface area contributed by atoms with Crippen LogP contribution in [0.2, 0.25) is 0 Å². The number of aryl methyl sites for hydroxylation is 1. The normalized spacial score (nSPS) is 10.1. The third-order valence-electron chi connectivity index (χ3n) is 2.32. The van der Waals surface area contributed by atoms with E-state index in [9.17, 15) is 4.79 Å². The van der Waals surface area contributed by atoms with Gasteiger partial charge in [-0.2, -0.15) is 0 Å². The van der Waals surface area contributed by atoms with Gasteiger partial charge in [0.25, 0.3) is 0 Å². The van der Waals surface area contributed by atoms with Crippen LogP contribution in [0, 0.1) is 6.92 Å². The van der Waals surface area contributed by atoms with Crippen molar-refractivity contribution in [3.8, 4) is 5.75 Å². The van der Waals surface area contributed by atoms with Crippen LogP contribution in [0.25, 0.3) is 0 Å². The van der Waals surface area contributed by atoms with Gasteiger partial charge in [-0.05, 0) is 25.1 Å². The Bertz CT molecular complexity index is 555. The van der Waals surface area contributed by atoms with E-state index in [1.807, 2.05) is 6.07 Å². The Kier molecular flexibility index (Phi) is 3.52. The topological polar surface area (TPSA) is 72.3 Å². The first-order valence-electron chi connectivity index (χ1n) is 5.39. The Morgan fingerprint density at radius 3 is 2.89 bits per heavy atom. The number of nitrogens with zero attached hydrogens (tertiary/aromatic N) is 2. The smallest absolute Gasteiger partial charge is 0.358 e. The Morgan fingerprint density at radius 2 is 2.22 bits per heavy atom. The van der Waals surface area contributed by atoms with E-state index >= 15 is 0 Å². The van der Waals surface area contributed by atoms with Crippen molar-refractivity contribution in [2.75, 3.05) is 0 Å². The van der Waals surface area contributed by atoms with E-state index in [4.69, 9.17) is 9.84 Å². The minimum absolute atomic E-state index is 0.0705. The molecular formula is C13H12N2O3. The summed E-state index contributed by atoms with van der Waals surface area (Å²) in [6.45, 7) is 2.00. The zero-order chi connectivity index (χ0) is 13.0. The predicted octanol–water partition coefficient (Wildman–Crippen LogP) is 2.06. The van der Waals surface area contributed by atoms with Crippen LogP contribution in [-0.4, -0.2) is 21.0 Å². The molecule has 2 aromatic rings. The third kappa shape index (κ3) is 2.82. The first-order valence-corrected chi connectivity index (χ1v) is 5.39. The SMILES string of the molecule is Cc1ccc(OCc2cccnc2)c(C(=O)O)n1. The Labute approximate surface area is 104 Å². The Morgan fingerprint density at radius 1 is 1.39 bits per heavy atom. The van der Waals surface area contributed by atoms with Gasteiger partial charge in [0.15, 0.2) is 11.4 Å². The predicted molar refractivity (Wildman–Crippen MR) is 64.5 cm³/mol. The van der Waals surface area contributed by atoms with Gasteiger partial charge >= 0.3 is 5.97 Å². The second-order valence-electron chi connectivity index (χ2n) is 3.75. The maximum atomic E-state index is 11.0. The lowest BCUT2D eigenvalue weighted by atomic mass is 10.2. The van der Waals surface area contributed by atoms with Crippen molar-refractivity contribution in [2.24, 2.45) is 0 Å². The molecule has 0 aliphatic rings. The fraction of sp³-hybridized carbons (Fsp3) is 0.154. The Balaban J connectivity index is 2.17. The number of rotatable bonds is 4. The zero-order valence-electron chi connectivity index (χ0n) is 9.83. The molecule has 1 N–H and O–H groups in total. The monoisotopic (exact) mass is 244 g/mol. The van der Waals surface area contributed by atoms with Gasteiger partial charge in [-0.15, -0.1) is 0 Å². The lowest BCUT2D eigenvalue weighted by Crippen LogP contribution is -2.06. The van der Waals surface area contributed by atoms with E-state index in [2.05, 4.69) is 9.97 Å². The molecule has 0 saturated heterocycles. The first kappa shape index (κ1) is 12.0. The van der Waals surface area contributed by atoms with Crippen molar-refractivity contribution >= 4 is 5.97 Å². The molecule has 0 aliphatic heterocycles. The van der Waals surface area contributed by atoms with Crippen molar-refractivity contribution < 1.29 is 14.6 Å². The van der Waals surface area contributed by atoms with Crippen LogP contribution in [0.15, 0.2) is 36.7 Å². The van der Waals surface area contributed by atoms with Crippen LogP contribution in [0.3, 0.4) is 0 Å². The molecule has 0 radical (unpaired) electrons. The van der Waals surface area contributed by atoms with Crippen LogP contribution in [0.1, 0.15) is 21.7 Å². The summed E-state index contributed by atoms with van der Waals surface area (Å²) >= 11 is 0. The van der Waals surface area contributed by atoms with Crippen LogP contribution in [0.5, 0.6) is 5.75 Å². The summed E-state index contributed by atoms with van der Waals surface area (Å²) in [4.78, 5) is 18.9. The highest BCUT2D eigenvalue weighted by atomic mass is 16.5. The number of pyridine rings is 2. The fourth-order valence-corrected chi connectivity index (χ4v) is 1.46. The van der Waals surface area contributed by atoms with Crippen LogP contribution >= 0.6 is 0 Å². The number of ether oxygens (including phenoxy) is 1. The molecule has 2 heterocycles. The highest BCUT2D eigenvalue weighted by Gasteiger charge is 2.13. The van der Waals surface area contributed by atoms with E-state index in [0.29, 0.717) is 5.69 Å². The summed E-state index contributed by atoms with van der Waals surface area (Å²) < 4.78 is 5.46. The van der Waals surface area contributed by atoms with E-state index in [0.717, 1.165) is 5.56 Å². The van der Waals surface area contributed by atoms with Gasteiger partial charge in [0, 0.05) is 23.7 Å². The van der Waals surface area contributed by atoms with Gasteiger partial charge < -0.3 is 9.84 Å². The van der Waals surface area contributed by atoms with Crippen LogP contribution < -0.4 is 4.74 Å². The Hall–Kier alpha value is -2.43. The average Bonchev–Trinajstić information content (AvgIpc) is 2.38. The molecule has 0 amide bonds. The van der Waals surface area contributed by atoms with Gasteiger partial charge in [0.1, 0.15) is 6.61 Å². The van der Waals surface area contributed by atoms with Gasteiger partial charge in [-0.25, -0.2) is 9.78 Å².